The van der Waals surface area contributed by atoms with Crippen molar-refractivity contribution in [1.82, 2.24) is 0 Å². The Bertz CT molecular complexity index is 631. The maximum absolute atomic E-state index is 13.7. The van der Waals surface area contributed by atoms with Crippen molar-refractivity contribution in [2.24, 2.45) is 0 Å². The topological polar surface area (TPSA) is 52.3 Å². The third kappa shape index (κ3) is 3.30. The third-order valence-corrected chi connectivity index (χ3v) is 3.86. The first-order valence-corrected chi connectivity index (χ1v) is 6.94. The molecule has 0 aromatic heterocycles. The number of esters is 1. The summed E-state index contributed by atoms with van der Waals surface area (Å²) in [6.07, 6.45) is 0. The fraction of sp³-hybridized carbons (Fsp3) is 0.133. The lowest BCUT2D eigenvalue weighted by Crippen LogP contribution is -2.04. The van der Waals surface area contributed by atoms with Gasteiger partial charge in [-0.2, -0.15) is 0 Å². The number of ether oxygens (including phenoxy) is 1. The predicted octanol–water partition coefficient (Wildman–Crippen LogP) is 3.49. The number of thioether (sulfide) groups is 1. The molecule has 0 aliphatic rings. The number of hydrogen-bond donors (Lipinski definition) is 1. The van der Waals surface area contributed by atoms with Crippen molar-refractivity contribution in [3.63, 3.8) is 0 Å². The van der Waals surface area contributed by atoms with Gasteiger partial charge in [-0.1, -0.05) is 18.2 Å². The largest absolute Gasteiger partial charge is 0.465 e. The van der Waals surface area contributed by atoms with Gasteiger partial charge >= 0.3 is 5.97 Å². The SMILES string of the molecule is COC(=O)c1ccccc1CSc1ccc(N)cc1F. The van der Waals surface area contributed by atoms with Crippen LogP contribution in [0.15, 0.2) is 47.4 Å². The van der Waals surface area contributed by atoms with Gasteiger partial charge in [0, 0.05) is 16.3 Å². The van der Waals surface area contributed by atoms with Crippen molar-refractivity contribution >= 4 is 23.4 Å². The predicted molar refractivity (Wildman–Crippen MR) is 78.2 cm³/mol. The van der Waals surface area contributed by atoms with Gasteiger partial charge in [-0.3, -0.25) is 0 Å². The van der Waals surface area contributed by atoms with Crippen molar-refractivity contribution in [2.45, 2.75) is 10.6 Å². The molecule has 0 radical (unpaired) electrons. The number of nitrogen functional groups attached to an aromatic ring is 1. The molecule has 0 spiro atoms. The standard InChI is InChI=1S/C15H14FNO2S/c1-19-15(18)12-5-3-2-4-10(12)9-20-14-7-6-11(17)8-13(14)16/h2-8H,9,17H2,1H3. The summed E-state index contributed by atoms with van der Waals surface area (Å²) in [7, 11) is 1.34. The molecule has 5 heteroatoms. The zero-order chi connectivity index (χ0) is 14.5. The van der Waals surface area contributed by atoms with Crippen LogP contribution in [0.2, 0.25) is 0 Å². The summed E-state index contributed by atoms with van der Waals surface area (Å²) in [5, 5.41) is 0. The number of nitrogens with two attached hydrogens (primary N) is 1. The van der Waals surface area contributed by atoms with E-state index in [1.165, 1.54) is 24.9 Å². The second-order valence-electron chi connectivity index (χ2n) is 4.13. The van der Waals surface area contributed by atoms with Gasteiger partial charge < -0.3 is 10.5 Å². The average Bonchev–Trinajstić information content (AvgIpc) is 2.46. The molecule has 20 heavy (non-hydrogen) atoms. The van der Waals surface area contributed by atoms with Gasteiger partial charge in [0.1, 0.15) is 5.82 Å². The van der Waals surface area contributed by atoms with Crippen LogP contribution in [0.4, 0.5) is 10.1 Å². The van der Waals surface area contributed by atoms with Crippen LogP contribution in [0, 0.1) is 5.82 Å². The molecule has 2 rings (SSSR count). The monoisotopic (exact) mass is 291 g/mol. The van der Waals surface area contributed by atoms with Gasteiger partial charge in [0.2, 0.25) is 0 Å². The normalized spacial score (nSPS) is 10.3. The highest BCUT2D eigenvalue weighted by Gasteiger charge is 2.12. The van der Waals surface area contributed by atoms with Gasteiger partial charge in [-0.05, 0) is 29.8 Å². The number of carbonyl (C=O) groups excluding carboxylic acids is 1. The van der Waals surface area contributed by atoms with E-state index in [4.69, 9.17) is 10.5 Å². The number of benzene rings is 2. The molecule has 0 fully saturated rings. The van der Waals surface area contributed by atoms with Crippen LogP contribution in [0.3, 0.4) is 0 Å². The number of carbonyl (C=O) groups is 1. The van der Waals surface area contributed by atoms with Crippen LogP contribution in [0.5, 0.6) is 0 Å². The van der Waals surface area contributed by atoms with E-state index in [9.17, 15) is 9.18 Å². The van der Waals surface area contributed by atoms with Crippen LogP contribution in [-0.4, -0.2) is 13.1 Å². The Kier molecular flexibility index (Phi) is 4.63. The fourth-order valence-corrected chi connectivity index (χ4v) is 2.67. The molecule has 2 aromatic carbocycles. The van der Waals surface area contributed by atoms with E-state index in [2.05, 4.69) is 0 Å². The quantitative estimate of drug-likeness (QED) is 0.532. The summed E-state index contributed by atoms with van der Waals surface area (Å²) in [5.74, 6) is -0.268. The lowest BCUT2D eigenvalue weighted by molar-refractivity contribution is 0.0600. The molecule has 0 aliphatic heterocycles. The summed E-state index contributed by atoms with van der Waals surface area (Å²) in [4.78, 5) is 12.1. The van der Waals surface area contributed by atoms with E-state index in [-0.39, 0.29) is 11.8 Å². The Morgan fingerprint density at radius 2 is 2.05 bits per heavy atom. The highest BCUT2D eigenvalue weighted by molar-refractivity contribution is 7.98. The van der Waals surface area contributed by atoms with Crippen LogP contribution < -0.4 is 5.73 Å². The lowest BCUT2D eigenvalue weighted by Gasteiger charge is -2.08. The highest BCUT2D eigenvalue weighted by atomic mass is 32.2. The minimum atomic E-state index is -0.390. The molecule has 0 atom stereocenters. The molecule has 3 nitrogen and oxygen atoms in total. The summed E-state index contributed by atoms with van der Waals surface area (Å²) in [5.41, 5.74) is 7.20. The summed E-state index contributed by atoms with van der Waals surface area (Å²) in [6.45, 7) is 0. The molecule has 0 saturated carbocycles. The van der Waals surface area contributed by atoms with Crippen molar-refractivity contribution in [3.8, 4) is 0 Å². The van der Waals surface area contributed by atoms with Crippen molar-refractivity contribution < 1.29 is 13.9 Å². The minimum Gasteiger partial charge on any atom is -0.465 e. The lowest BCUT2D eigenvalue weighted by atomic mass is 10.1. The molecule has 2 aromatic rings. The Labute approximate surface area is 120 Å². The fourth-order valence-electron chi connectivity index (χ4n) is 1.74. The van der Waals surface area contributed by atoms with E-state index < -0.39 is 0 Å². The van der Waals surface area contributed by atoms with E-state index in [1.807, 2.05) is 12.1 Å². The number of methoxy groups -OCH3 is 1. The van der Waals surface area contributed by atoms with Crippen molar-refractivity contribution in [1.29, 1.82) is 0 Å². The van der Waals surface area contributed by atoms with Crippen LogP contribution >= 0.6 is 11.8 Å². The third-order valence-electron chi connectivity index (χ3n) is 2.76. The molecule has 0 aliphatic carbocycles. The van der Waals surface area contributed by atoms with Crippen LogP contribution in [0.25, 0.3) is 0 Å². The smallest absolute Gasteiger partial charge is 0.338 e. The highest BCUT2D eigenvalue weighted by Crippen LogP contribution is 2.28. The van der Waals surface area contributed by atoms with Gasteiger partial charge in [-0.15, -0.1) is 11.8 Å². The molecular weight excluding hydrogens is 277 g/mol. The Hall–Kier alpha value is -2.01. The number of hydrogen-bond acceptors (Lipinski definition) is 4. The number of rotatable bonds is 4. The van der Waals surface area contributed by atoms with Gasteiger partial charge in [0.05, 0.1) is 12.7 Å². The molecule has 0 amide bonds. The molecule has 2 N–H and O–H groups in total. The first-order chi connectivity index (χ1) is 9.61. The minimum absolute atomic E-state index is 0.356. The van der Waals surface area contributed by atoms with Gasteiger partial charge in [-0.25, -0.2) is 9.18 Å². The zero-order valence-electron chi connectivity index (χ0n) is 10.9. The first-order valence-electron chi connectivity index (χ1n) is 5.96. The second-order valence-corrected chi connectivity index (χ2v) is 5.14. The number of anilines is 1. The van der Waals surface area contributed by atoms with Gasteiger partial charge in [0.25, 0.3) is 0 Å². The molecule has 0 bridgehead atoms. The average molecular weight is 291 g/mol. The zero-order valence-corrected chi connectivity index (χ0v) is 11.7. The Morgan fingerprint density at radius 1 is 1.30 bits per heavy atom. The molecule has 0 heterocycles. The summed E-state index contributed by atoms with van der Waals surface area (Å²) < 4.78 is 18.4. The van der Waals surface area contributed by atoms with Crippen molar-refractivity contribution in [3.05, 3.63) is 59.4 Å². The molecule has 0 unspecified atom stereocenters. The van der Waals surface area contributed by atoms with E-state index >= 15 is 0 Å². The maximum atomic E-state index is 13.7. The molecule has 104 valence electrons. The molecular formula is C15H14FNO2S. The summed E-state index contributed by atoms with van der Waals surface area (Å²) in [6, 6.07) is 11.7. The molecule has 0 saturated heterocycles. The Morgan fingerprint density at radius 3 is 2.75 bits per heavy atom. The second kappa shape index (κ2) is 6.43. The van der Waals surface area contributed by atoms with Crippen molar-refractivity contribution in [2.75, 3.05) is 12.8 Å². The summed E-state index contributed by atoms with van der Waals surface area (Å²) >= 11 is 1.31. The van der Waals surface area contributed by atoms with E-state index in [0.29, 0.717) is 21.9 Å². The first kappa shape index (κ1) is 14.4. The van der Waals surface area contributed by atoms with E-state index in [0.717, 1.165) is 5.56 Å². The van der Waals surface area contributed by atoms with Crippen LogP contribution in [0.1, 0.15) is 15.9 Å². The van der Waals surface area contributed by atoms with Gasteiger partial charge in [0.15, 0.2) is 0 Å². The number of halogens is 1. The van der Waals surface area contributed by atoms with E-state index in [1.54, 1.807) is 24.3 Å². The maximum Gasteiger partial charge on any atom is 0.338 e. The van der Waals surface area contributed by atoms with Crippen LogP contribution in [-0.2, 0) is 10.5 Å². The Balaban J connectivity index is 2.17.